The Bertz CT molecular complexity index is 167. The second kappa shape index (κ2) is 8.04. The van der Waals surface area contributed by atoms with Crippen LogP contribution in [0.4, 0.5) is 0 Å². The van der Waals surface area contributed by atoms with E-state index in [1.807, 2.05) is 0 Å². The summed E-state index contributed by atoms with van der Waals surface area (Å²) >= 11 is 0. The summed E-state index contributed by atoms with van der Waals surface area (Å²) in [6.45, 7) is 11.9. The van der Waals surface area contributed by atoms with Crippen molar-refractivity contribution in [3.8, 4) is 0 Å². The molecule has 1 heterocycles. The lowest BCUT2D eigenvalue weighted by Crippen LogP contribution is -2.43. The van der Waals surface area contributed by atoms with Gasteiger partial charge in [0.2, 0.25) is 0 Å². The average molecular weight is 228 g/mol. The molecule has 0 aromatic rings. The molecule has 1 N–H and O–H groups in total. The van der Waals surface area contributed by atoms with Crippen LogP contribution < -0.4 is 5.32 Å². The van der Waals surface area contributed by atoms with Crippen LogP contribution in [0.5, 0.6) is 0 Å². The van der Waals surface area contributed by atoms with E-state index in [9.17, 15) is 0 Å². The van der Waals surface area contributed by atoms with E-state index >= 15 is 0 Å². The molecular formula is C13H28N2O. The van der Waals surface area contributed by atoms with E-state index in [4.69, 9.17) is 4.74 Å². The number of nitrogens with one attached hydrogen (secondary N) is 1. The minimum atomic E-state index is 0.348. The van der Waals surface area contributed by atoms with Gasteiger partial charge in [-0.25, -0.2) is 0 Å². The van der Waals surface area contributed by atoms with Crippen molar-refractivity contribution < 1.29 is 4.74 Å². The van der Waals surface area contributed by atoms with Gasteiger partial charge >= 0.3 is 0 Å². The van der Waals surface area contributed by atoms with E-state index in [0.29, 0.717) is 12.1 Å². The maximum atomic E-state index is 5.49. The van der Waals surface area contributed by atoms with E-state index in [0.717, 1.165) is 19.7 Å². The highest BCUT2D eigenvalue weighted by molar-refractivity contribution is 4.73. The second-order valence-electron chi connectivity index (χ2n) is 5.07. The normalized spacial score (nSPS) is 20.2. The van der Waals surface area contributed by atoms with E-state index in [2.05, 4.69) is 31.0 Å². The topological polar surface area (TPSA) is 24.5 Å². The molecule has 0 aromatic heterocycles. The molecule has 0 aromatic carbocycles. The van der Waals surface area contributed by atoms with Crippen molar-refractivity contribution in [1.82, 2.24) is 10.2 Å². The molecule has 3 heteroatoms. The molecule has 0 radical (unpaired) electrons. The monoisotopic (exact) mass is 228 g/mol. The van der Waals surface area contributed by atoms with Crippen molar-refractivity contribution in [2.24, 2.45) is 0 Å². The highest BCUT2D eigenvalue weighted by Gasteiger charge is 2.15. The molecule has 0 bridgehead atoms. The smallest absolute Gasteiger partial charge is 0.0594 e. The molecular weight excluding hydrogens is 200 g/mol. The summed E-state index contributed by atoms with van der Waals surface area (Å²) in [5.41, 5.74) is 0. The fourth-order valence-corrected chi connectivity index (χ4v) is 2.17. The van der Waals surface area contributed by atoms with Gasteiger partial charge < -0.3 is 10.1 Å². The second-order valence-corrected chi connectivity index (χ2v) is 5.07. The molecule has 16 heavy (non-hydrogen) atoms. The molecule has 3 nitrogen and oxygen atoms in total. The third-order valence-corrected chi connectivity index (χ3v) is 3.18. The van der Waals surface area contributed by atoms with E-state index in [1.165, 1.54) is 32.4 Å². The van der Waals surface area contributed by atoms with Gasteiger partial charge in [-0.3, -0.25) is 4.90 Å². The molecule has 96 valence electrons. The summed E-state index contributed by atoms with van der Waals surface area (Å²) in [7, 11) is 0. The van der Waals surface area contributed by atoms with Gasteiger partial charge in [-0.1, -0.05) is 6.42 Å². The summed E-state index contributed by atoms with van der Waals surface area (Å²) in [4.78, 5) is 2.60. The van der Waals surface area contributed by atoms with Crippen molar-refractivity contribution in [2.75, 3.05) is 32.8 Å². The fourth-order valence-electron chi connectivity index (χ4n) is 2.17. The van der Waals surface area contributed by atoms with Gasteiger partial charge in [0.1, 0.15) is 0 Å². The zero-order chi connectivity index (χ0) is 11.8. The third-order valence-electron chi connectivity index (χ3n) is 3.18. The van der Waals surface area contributed by atoms with Crippen molar-refractivity contribution in [3.63, 3.8) is 0 Å². The van der Waals surface area contributed by atoms with Crippen LogP contribution in [0.15, 0.2) is 0 Å². The van der Waals surface area contributed by atoms with Gasteiger partial charge in [0.15, 0.2) is 0 Å². The zero-order valence-electron chi connectivity index (χ0n) is 11.2. The van der Waals surface area contributed by atoms with E-state index in [-0.39, 0.29) is 0 Å². The lowest BCUT2D eigenvalue weighted by atomic mass is 10.1. The average Bonchev–Trinajstić information content (AvgIpc) is 2.29. The molecule has 1 fully saturated rings. The number of piperidine rings is 1. The van der Waals surface area contributed by atoms with Gasteiger partial charge in [0.05, 0.1) is 12.7 Å². The number of likely N-dealkylation sites (tertiary alicyclic amines) is 1. The Balaban J connectivity index is 1.98. The quantitative estimate of drug-likeness (QED) is 0.673. The van der Waals surface area contributed by atoms with Gasteiger partial charge in [-0.05, 0) is 46.7 Å². The minimum Gasteiger partial charge on any atom is -0.377 e. The van der Waals surface area contributed by atoms with E-state index in [1.54, 1.807) is 0 Å². The first-order valence-corrected chi connectivity index (χ1v) is 6.76. The van der Waals surface area contributed by atoms with Crippen LogP contribution in [-0.2, 0) is 4.74 Å². The molecule has 1 atom stereocenters. The van der Waals surface area contributed by atoms with Crippen molar-refractivity contribution in [1.29, 1.82) is 0 Å². The molecule has 1 rings (SSSR count). The summed E-state index contributed by atoms with van der Waals surface area (Å²) in [6, 6.07) is 0.666. The Morgan fingerprint density at radius 3 is 2.44 bits per heavy atom. The fraction of sp³-hybridized carbons (Fsp3) is 1.00. The molecule has 1 saturated heterocycles. The number of hydrogen-bond acceptors (Lipinski definition) is 3. The maximum absolute atomic E-state index is 5.49. The van der Waals surface area contributed by atoms with Gasteiger partial charge in [-0.2, -0.15) is 0 Å². The first kappa shape index (κ1) is 13.9. The standard InChI is InChI=1S/C13H28N2O/c1-12(2)16-10-7-14-11-13(3)15-8-5-4-6-9-15/h12-14H,4-11H2,1-3H3. The summed E-state index contributed by atoms with van der Waals surface area (Å²) in [6.07, 6.45) is 4.52. The van der Waals surface area contributed by atoms with Crippen LogP contribution >= 0.6 is 0 Å². The molecule has 1 aliphatic rings. The maximum Gasteiger partial charge on any atom is 0.0594 e. The first-order chi connectivity index (χ1) is 7.70. The van der Waals surface area contributed by atoms with Gasteiger partial charge in [0.25, 0.3) is 0 Å². The van der Waals surface area contributed by atoms with Crippen LogP contribution in [0.25, 0.3) is 0 Å². The van der Waals surface area contributed by atoms with Crippen LogP contribution in [0.1, 0.15) is 40.0 Å². The summed E-state index contributed by atoms with van der Waals surface area (Å²) in [5, 5.41) is 3.47. The Kier molecular flexibility index (Phi) is 7.01. The van der Waals surface area contributed by atoms with Crippen molar-refractivity contribution in [3.05, 3.63) is 0 Å². The highest BCUT2D eigenvalue weighted by Crippen LogP contribution is 2.11. The minimum absolute atomic E-state index is 0.348. The molecule has 0 amide bonds. The van der Waals surface area contributed by atoms with Gasteiger partial charge in [0, 0.05) is 19.1 Å². The Labute approximate surface area is 101 Å². The SMILES string of the molecule is CC(C)OCCNCC(C)N1CCCCC1. The lowest BCUT2D eigenvalue weighted by molar-refractivity contribution is 0.0791. The third kappa shape index (κ3) is 5.83. The summed E-state index contributed by atoms with van der Waals surface area (Å²) < 4.78 is 5.49. The molecule has 0 saturated carbocycles. The molecule has 1 aliphatic heterocycles. The van der Waals surface area contributed by atoms with Crippen LogP contribution in [0, 0.1) is 0 Å². The predicted molar refractivity (Wildman–Crippen MR) is 68.8 cm³/mol. The largest absolute Gasteiger partial charge is 0.377 e. The molecule has 1 unspecified atom stereocenters. The first-order valence-electron chi connectivity index (χ1n) is 6.76. The molecule has 0 aliphatic carbocycles. The number of rotatable bonds is 7. The summed E-state index contributed by atoms with van der Waals surface area (Å²) in [5.74, 6) is 0. The van der Waals surface area contributed by atoms with Crippen LogP contribution in [-0.4, -0.2) is 49.8 Å². The highest BCUT2D eigenvalue weighted by atomic mass is 16.5. The number of hydrogen-bond donors (Lipinski definition) is 1. The van der Waals surface area contributed by atoms with Crippen molar-refractivity contribution in [2.45, 2.75) is 52.2 Å². The Morgan fingerprint density at radius 1 is 1.12 bits per heavy atom. The molecule has 0 spiro atoms. The number of nitrogens with zero attached hydrogens (tertiary/aromatic N) is 1. The van der Waals surface area contributed by atoms with Crippen LogP contribution in [0.3, 0.4) is 0 Å². The van der Waals surface area contributed by atoms with Crippen LogP contribution in [0.2, 0.25) is 0 Å². The van der Waals surface area contributed by atoms with E-state index < -0.39 is 0 Å². The van der Waals surface area contributed by atoms with Crippen molar-refractivity contribution >= 4 is 0 Å². The Morgan fingerprint density at radius 2 is 1.81 bits per heavy atom. The zero-order valence-corrected chi connectivity index (χ0v) is 11.2. The number of ether oxygens (including phenoxy) is 1. The van der Waals surface area contributed by atoms with Gasteiger partial charge in [-0.15, -0.1) is 0 Å². The lowest BCUT2D eigenvalue weighted by Gasteiger charge is -2.32. The Hall–Kier alpha value is -0.120. The predicted octanol–water partition coefficient (Wildman–Crippen LogP) is 1.88.